The fourth-order valence-corrected chi connectivity index (χ4v) is 2.32. The van der Waals surface area contributed by atoms with Crippen LogP contribution < -0.4 is 5.73 Å². The quantitative estimate of drug-likeness (QED) is 0.580. The van der Waals surface area contributed by atoms with Crippen molar-refractivity contribution in [2.24, 2.45) is 5.73 Å². The predicted molar refractivity (Wildman–Crippen MR) is 75.7 cm³/mol. The van der Waals surface area contributed by atoms with E-state index >= 15 is 0 Å². The highest BCUT2D eigenvalue weighted by Crippen LogP contribution is 2.26. The largest absolute Gasteiger partial charge is 0.449 e. The molecule has 0 saturated heterocycles. The highest BCUT2D eigenvalue weighted by molar-refractivity contribution is 6.22. The molecule has 0 bridgehead atoms. The van der Waals surface area contributed by atoms with Crippen LogP contribution in [0.1, 0.15) is 33.6 Å². The lowest BCUT2D eigenvalue weighted by Gasteiger charge is -2.23. The van der Waals surface area contributed by atoms with E-state index in [9.17, 15) is 19.2 Å². The van der Waals surface area contributed by atoms with E-state index in [0.717, 1.165) is 4.90 Å². The van der Waals surface area contributed by atoms with Crippen LogP contribution in [0.5, 0.6) is 0 Å². The molecule has 23 heavy (non-hydrogen) atoms. The van der Waals surface area contributed by atoms with Gasteiger partial charge in [0.1, 0.15) is 12.1 Å². The van der Waals surface area contributed by atoms with Crippen molar-refractivity contribution in [3.05, 3.63) is 35.4 Å². The van der Waals surface area contributed by atoms with Crippen molar-refractivity contribution < 1.29 is 23.9 Å². The zero-order valence-electron chi connectivity index (χ0n) is 12.0. The van der Waals surface area contributed by atoms with Gasteiger partial charge in [-0.1, -0.05) is 12.1 Å². The summed E-state index contributed by atoms with van der Waals surface area (Å²) < 4.78 is 4.70. The number of nitrogens with two attached hydrogens (primary N) is 1. The molecule has 0 aliphatic carbocycles. The van der Waals surface area contributed by atoms with E-state index in [4.69, 9.17) is 15.7 Å². The number of rotatable bonds is 6. The van der Waals surface area contributed by atoms with E-state index in [1.165, 1.54) is 12.1 Å². The van der Waals surface area contributed by atoms with E-state index in [1.807, 2.05) is 0 Å². The Morgan fingerprint density at radius 1 is 1.22 bits per heavy atom. The Balaban J connectivity index is 2.30. The molecule has 1 aromatic rings. The van der Waals surface area contributed by atoms with Crippen LogP contribution in [0, 0.1) is 11.3 Å². The fraction of sp³-hybridized carbons (Fsp3) is 0.267. The summed E-state index contributed by atoms with van der Waals surface area (Å²) in [7, 11) is 0. The molecule has 3 amide bonds. The molecule has 2 N–H and O–H groups in total. The second kappa shape index (κ2) is 6.70. The monoisotopic (exact) mass is 315 g/mol. The summed E-state index contributed by atoms with van der Waals surface area (Å²) >= 11 is 0. The van der Waals surface area contributed by atoms with E-state index < -0.39 is 36.3 Å². The van der Waals surface area contributed by atoms with Gasteiger partial charge in [-0.2, -0.15) is 5.26 Å². The van der Waals surface area contributed by atoms with Crippen LogP contribution in [-0.4, -0.2) is 41.2 Å². The number of esters is 1. The first-order valence-electron chi connectivity index (χ1n) is 6.76. The van der Waals surface area contributed by atoms with Crippen molar-refractivity contribution in [1.29, 1.82) is 5.26 Å². The van der Waals surface area contributed by atoms with Gasteiger partial charge < -0.3 is 10.5 Å². The number of hydrogen-bond acceptors (Lipinski definition) is 6. The lowest BCUT2D eigenvalue weighted by atomic mass is 10.1. The van der Waals surface area contributed by atoms with E-state index in [-0.39, 0.29) is 24.0 Å². The number of nitrogens with zero attached hydrogens (tertiary/aromatic N) is 2. The minimum atomic E-state index is -1.30. The number of hydrogen-bond donors (Lipinski definition) is 1. The highest BCUT2D eigenvalue weighted by atomic mass is 16.5. The zero-order chi connectivity index (χ0) is 17.0. The number of carbonyl (C=O) groups is 4. The molecular weight excluding hydrogens is 302 g/mol. The normalized spacial score (nSPS) is 14.1. The summed E-state index contributed by atoms with van der Waals surface area (Å²) in [5, 5.41) is 8.48. The van der Waals surface area contributed by atoms with Crippen molar-refractivity contribution in [3.63, 3.8) is 0 Å². The van der Waals surface area contributed by atoms with Crippen molar-refractivity contribution in [2.75, 3.05) is 6.61 Å². The minimum Gasteiger partial charge on any atom is -0.449 e. The Labute approximate surface area is 131 Å². The SMILES string of the molecule is N#CCOC(=O)[C@H](CCC(N)=O)N1C(=O)c2ccccc2C1=O. The smallest absolute Gasteiger partial charge is 0.330 e. The van der Waals surface area contributed by atoms with Gasteiger partial charge in [0.2, 0.25) is 5.91 Å². The molecule has 1 aromatic carbocycles. The van der Waals surface area contributed by atoms with Gasteiger partial charge in [-0.25, -0.2) is 4.79 Å². The Morgan fingerprint density at radius 2 is 1.78 bits per heavy atom. The molecule has 118 valence electrons. The second-order valence-electron chi connectivity index (χ2n) is 4.81. The first-order chi connectivity index (χ1) is 11.0. The van der Waals surface area contributed by atoms with Gasteiger partial charge in [-0.15, -0.1) is 0 Å². The van der Waals surface area contributed by atoms with Crippen molar-refractivity contribution in [1.82, 2.24) is 4.90 Å². The molecule has 8 heteroatoms. The van der Waals surface area contributed by atoms with Crippen LogP contribution >= 0.6 is 0 Å². The molecule has 0 saturated carbocycles. The number of nitriles is 1. The second-order valence-corrected chi connectivity index (χ2v) is 4.81. The lowest BCUT2D eigenvalue weighted by Crippen LogP contribution is -2.46. The minimum absolute atomic E-state index is 0.162. The van der Waals surface area contributed by atoms with E-state index in [2.05, 4.69) is 0 Å². The van der Waals surface area contributed by atoms with Gasteiger partial charge in [0.25, 0.3) is 11.8 Å². The van der Waals surface area contributed by atoms with E-state index in [0.29, 0.717) is 0 Å². The average Bonchev–Trinajstić information content (AvgIpc) is 2.78. The number of benzene rings is 1. The van der Waals surface area contributed by atoms with Crippen LogP contribution in [0.2, 0.25) is 0 Å². The lowest BCUT2D eigenvalue weighted by molar-refractivity contribution is -0.147. The molecule has 0 fully saturated rings. The topological polar surface area (TPSA) is 131 Å². The van der Waals surface area contributed by atoms with Gasteiger partial charge >= 0.3 is 5.97 Å². The van der Waals surface area contributed by atoms with Gasteiger partial charge in [0.05, 0.1) is 11.1 Å². The molecule has 0 spiro atoms. The third kappa shape index (κ3) is 3.18. The summed E-state index contributed by atoms with van der Waals surface area (Å²) in [6, 6.07) is 6.46. The predicted octanol–water partition coefficient (Wildman–Crippen LogP) is -0.0165. The van der Waals surface area contributed by atoms with Crippen LogP contribution in [0.4, 0.5) is 0 Å². The Bertz CT molecular complexity index is 687. The van der Waals surface area contributed by atoms with Crippen LogP contribution in [0.25, 0.3) is 0 Å². The van der Waals surface area contributed by atoms with Gasteiger partial charge in [-0.3, -0.25) is 19.3 Å². The maximum atomic E-state index is 12.4. The first kappa shape index (κ1) is 16.2. The van der Waals surface area contributed by atoms with Crippen molar-refractivity contribution >= 4 is 23.7 Å². The van der Waals surface area contributed by atoms with Crippen molar-refractivity contribution in [3.8, 4) is 6.07 Å². The fourth-order valence-electron chi connectivity index (χ4n) is 2.32. The van der Waals surface area contributed by atoms with Crippen molar-refractivity contribution in [2.45, 2.75) is 18.9 Å². The molecule has 0 radical (unpaired) electrons. The molecule has 0 unspecified atom stereocenters. The number of imide groups is 1. The number of amides is 3. The van der Waals surface area contributed by atoms with Gasteiger partial charge in [0.15, 0.2) is 6.61 Å². The molecule has 2 rings (SSSR count). The third-order valence-electron chi connectivity index (χ3n) is 3.35. The standard InChI is InChI=1S/C15H13N3O5/c16-7-8-23-15(22)11(5-6-12(17)19)18-13(20)9-3-1-2-4-10(9)14(18)21/h1-4,11H,5-6,8H2,(H2,17,19)/t11-/m0/s1. The van der Waals surface area contributed by atoms with E-state index in [1.54, 1.807) is 18.2 Å². The summed E-state index contributed by atoms with van der Waals surface area (Å²) in [4.78, 5) is 48.6. The molecule has 1 aliphatic heterocycles. The summed E-state index contributed by atoms with van der Waals surface area (Å²) in [5.74, 6) is -2.90. The van der Waals surface area contributed by atoms with Crippen LogP contribution in [0.15, 0.2) is 24.3 Å². The molecule has 0 aromatic heterocycles. The Hall–Kier alpha value is -3.21. The number of fused-ring (bicyclic) bond motifs is 1. The zero-order valence-corrected chi connectivity index (χ0v) is 12.0. The molecular formula is C15H13N3O5. The van der Waals surface area contributed by atoms with Gasteiger partial charge in [0, 0.05) is 6.42 Å². The molecule has 1 heterocycles. The summed E-state index contributed by atoms with van der Waals surface area (Å²) in [6.07, 6.45) is -0.370. The average molecular weight is 315 g/mol. The maximum absolute atomic E-state index is 12.4. The number of primary amides is 1. The number of ether oxygens (including phenoxy) is 1. The summed E-state index contributed by atoms with van der Waals surface area (Å²) in [6.45, 7) is -0.519. The third-order valence-corrected chi connectivity index (χ3v) is 3.35. The summed E-state index contributed by atoms with van der Waals surface area (Å²) in [5.41, 5.74) is 5.41. The molecule has 8 nitrogen and oxygen atoms in total. The highest BCUT2D eigenvalue weighted by Gasteiger charge is 2.43. The maximum Gasteiger partial charge on any atom is 0.330 e. The van der Waals surface area contributed by atoms with Crippen LogP contribution in [0.3, 0.4) is 0 Å². The Kier molecular flexibility index (Phi) is 4.71. The Morgan fingerprint density at radius 3 is 2.26 bits per heavy atom. The van der Waals surface area contributed by atoms with Crippen LogP contribution in [-0.2, 0) is 14.3 Å². The number of carbonyl (C=O) groups excluding carboxylic acids is 4. The molecule has 1 aliphatic rings. The first-order valence-corrected chi connectivity index (χ1v) is 6.76. The van der Waals surface area contributed by atoms with Gasteiger partial charge in [-0.05, 0) is 18.6 Å². The molecule has 1 atom stereocenters.